The number of aromatic nitrogens is 2. The van der Waals surface area contributed by atoms with Gasteiger partial charge in [0.1, 0.15) is 6.10 Å². The minimum Gasteiger partial charge on any atom is -0.461 e. The van der Waals surface area contributed by atoms with Crippen LogP contribution in [0.4, 0.5) is 0 Å². The molecule has 3 atom stereocenters. The maximum atomic E-state index is 11.9. The van der Waals surface area contributed by atoms with Crippen molar-refractivity contribution in [2.45, 2.75) is 45.6 Å². The molecule has 1 aliphatic carbocycles. The number of H-pyrrole nitrogens is 1. The van der Waals surface area contributed by atoms with Gasteiger partial charge in [-0.1, -0.05) is 50.6 Å². The number of hydrogen-bond acceptors (Lipinski definition) is 3. The normalized spacial score (nSPS) is 24.3. The van der Waals surface area contributed by atoms with Crippen LogP contribution in [0.1, 0.15) is 44.4 Å². The molecule has 0 radical (unpaired) electrons. The first-order chi connectivity index (χ1) is 11.1. The minimum atomic E-state index is -0.155. The summed E-state index contributed by atoms with van der Waals surface area (Å²) in [6.45, 7) is 4.46. The Hall–Kier alpha value is -2.10. The average molecular weight is 312 g/mol. The van der Waals surface area contributed by atoms with Crippen LogP contribution >= 0.6 is 0 Å². The summed E-state index contributed by atoms with van der Waals surface area (Å²) < 4.78 is 6.03. The fraction of sp³-hybridized carbons (Fsp3) is 0.474. The summed E-state index contributed by atoms with van der Waals surface area (Å²) in [5.41, 5.74) is 1.72. The molecule has 1 fully saturated rings. The molecule has 1 N–H and O–H groups in total. The molecule has 4 heteroatoms. The van der Waals surface area contributed by atoms with E-state index in [0.717, 1.165) is 17.7 Å². The number of nitrogens with zero attached hydrogens (tertiary/aromatic N) is 1. The Balaban J connectivity index is 1.76. The summed E-state index contributed by atoms with van der Waals surface area (Å²) in [5.74, 6) is 1.16. The van der Waals surface area contributed by atoms with E-state index in [1.54, 1.807) is 6.07 Å². The molecular weight excluding hydrogens is 288 g/mol. The average Bonchev–Trinajstić information content (AvgIpc) is 2.51. The smallest absolute Gasteiger partial charge is 0.296 e. The lowest BCUT2D eigenvalue weighted by Crippen LogP contribution is -2.32. The van der Waals surface area contributed by atoms with Crippen molar-refractivity contribution in [2.75, 3.05) is 0 Å². The molecule has 0 saturated heterocycles. The van der Waals surface area contributed by atoms with Crippen LogP contribution < -0.4 is 10.3 Å². The molecule has 0 bridgehead atoms. The van der Waals surface area contributed by atoms with Crippen molar-refractivity contribution in [3.63, 3.8) is 0 Å². The van der Waals surface area contributed by atoms with Crippen molar-refractivity contribution in [1.82, 2.24) is 9.97 Å². The molecule has 1 aromatic heterocycles. The van der Waals surface area contributed by atoms with Crippen LogP contribution in [0.3, 0.4) is 0 Å². The maximum absolute atomic E-state index is 11.9. The van der Waals surface area contributed by atoms with Crippen LogP contribution in [0.2, 0.25) is 0 Å². The second-order valence-electron chi connectivity index (χ2n) is 6.76. The van der Waals surface area contributed by atoms with Crippen molar-refractivity contribution in [3.8, 4) is 6.01 Å². The predicted molar refractivity (Wildman–Crippen MR) is 90.7 cm³/mol. The largest absolute Gasteiger partial charge is 0.461 e. The highest BCUT2D eigenvalue weighted by molar-refractivity contribution is 5.21. The van der Waals surface area contributed by atoms with Gasteiger partial charge in [0.15, 0.2) is 0 Å². The summed E-state index contributed by atoms with van der Waals surface area (Å²) in [4.78, 5) is 19.1. The first-order valence-electron chi connectivity index (χ1n) is 8.41. The van der Waals surface area contributed by atoms with Crippen molar-refractivity contribution in [1.29, 1.82) is 0 Å². The highest BCUT2D eigenvalue weighted by atomic mass is 16.5. The summed E-state index contributed by atoms with van der Waals surface area (Å²) in [6, 6.07) is 11.9. The van der Waals surface area contributed by atoms with Gasteiger partial charge in [-0.05, 0) is 30.2 Å². The first kappa shape index (κ1) is 15.8. The third-order valence-electron chi connectivity index (χ3n) is 4.65. The summed E-state index contributed by atoms with van der Waals surface area (Å²) >= 11 is 0. The van der Waals surface area contributed by atoms with E-state index in [1.807, 2.05) is 30.3 Å². The van der Waals surface area contributed by atoms with Crippen LogP contribution in [0.5, 0.6) is 6.01 Å². The number of rotatable bonds is 4. The van der Waals surface area contributed by atoms with Crippen LogP contribution in [0.15, 0.2) is 41.2 Å². The number of nitrogens with one attached hydrogen (secondary N) is 1. The van der Waals surface area contributed by atoms with E-state index in [1.165, 1.54) is 12.8 Å². The van der Waals surface area contributed by atoms with Crippen LogP contribution in [-0.2, 0) is 6.42 Å². The van der Waals surface area contributed by atoms with Gasteiger partial charge in [0.25, 0.3) is 11.6 Å². The van der Waals surface area contributed by atoms with Crippen LogP contribution in [0, 0.1) is 11.8 Å². The van der Waals surface area contributed by atoms with E-state index in [2.05, 4.69) is 23.8 Å². The zero-order chi connectivity index (χ0) is 16.2. The number of hydrogen-bond donors (Lipinski definition) is 1. The Morgan fingerprint density at radius 2 is 2.00 bits per heavy atom. The maximum Gasteiger partial charge on any atom is 0.296 e. The molecule has 23 heavy (non-hydrogen) atoms. The van der Waals surface area contributed by atoms with Gasteiger partial charge in [-0.15, -0.1) is 0 Å². The molecular formula is C19H24N2O2. The summed E-state index contributed by atoms with van der Waals surface area (Å²) in [6.07, 6.45) is 4.21. The van der Waals surface area contributed by atoms with E-state index >= 15 is 0 Å². The van der Waals surface area contributed by atoms with Gasteiger partial charge in [0.05, 0.1) is 5.69 Å². The topological polar surface area (TPSA) is 55.0 Å². The van der Waals surface area contributed by atoms with E-state index in [-0.39, 0.29) is 11.7 Å². The molecule has 0 amide bonds. The first-order valence-corrected chi connectivity index (χ1v) is 8.41. The standard InChI is InChI=1S/C19H24N2O2/c1-13-8-9-14(2)17(10-13)23-19-20-16(12-18(22)21-19)11-15-6-4-3-5-7-15/h3-7,12-14,17H,8-11H2,1-2H3,(H,20,21,22). The molecule has 2 aromatic rings. The highest BCUT2D eigenvalue weighted by Gasteiger charge is 2.27. The molecule has 0 aliphatic heterocycles. The van der Waals surface area contributed by atoms with Crippen molar-refractivity contribution < 1.29 is 4.74 Å². The molecule has 1 saturated carbocycles. The SMILES string of the molecule is CC1CCC(C)C(Oc2nc(Cc3ccccc3)cc(=O)[nH]2)C1. The number of ether oxygens (including phenoxy) is 1. The highest BCUT2D eigenvalue weighted by Crippen LogP contribution is 2.30. The van der Waals surface area contributed by atoms with Gasteiger partial charge in [-0.25, -0.2) is 4.98 Å². The van der Waals surface area contributed by atoms with E-state index in [0.29, 0.717) is 24.3 Å². The molecule has 122 valence electrons. The van der Waals surface area contributed by atoms with Gasteiger partial charge in [0, 0.05) is 12.5 Å². The van der Waals surface area contributed by atoms with E-state index < -0.39 is 0 Å². The molecule has 1 aliphatic rings. The fourth-order valence-electron chi connectivity index (χ4n) is 3.22. The van der Waals surface area contributed by atoms with Crippen molar-refractivity contribution in [2.24, 2.45) is 11.8 Å². The Kier molecular flexibility index (Phi) is 4.79. The van der Waals surface area contributed by atoms with E-state index in [4.69, 9.17) is 4.74 Å². The van der Waals surface area contributed by atoms with Gasteiger partial charge < -0.3 is 4.74 Å². The zero-order valence-corrected chi connectivity index (χ0v) is 13.8. The molecule has 1 heterocycles. The minimum absolute atomic E-state index is 0.133. The summed E-state index contributed by atoms with van der Waals surface area (Å²) in [5, 5.41) is 0. The monoisotopic (exact) mass is 312 g/mol. The van der Waals surface area contributed by atoms with Gasteiger partial charge >= 0.3 is 0 Å². The Bertz CT molecular complexity index is 696. The number of benzene rings is 1. The third kappa shape index (κ3) is 4.21. The Morgan fingerprint density at radius 3 is 2.78 bits per heavy atom. The zero-order valence-electron chi connectivity index (χ0n) is 13.8. The molecule has 3 unspecified atom stereocenters. The van der Waals surface area contributed by atoms with Crippen LogP contribution in [0.25, 0.3) is 0 Å². The molecule has 1 aromatic carbocycles. The van der Waals surface area contributed by atoms with Gasteiger partial charge in [0.2, 0.25) is 0 Å². The second-order valence-corrected chi connectivity index (χ2v) is 6.76. The quantitative estimate of drug-likeness (QED) is 0.939. The van der Waals surface area contributed by atoms with Crippen LogP contribution in [-0.4, -0.2) is 16.1 Å². The second kappa shape index (κ2) is 6.99. The third-order valence-corrected chi connectivity index (χ3v) is 4.65. The van der Waals surface area contributed by atoms with Gasteiger partial charge in [-0.3, -0.25) is 9.78 Å². The summed E-state index contributed by atoms with van der Waals surface area (Å²) in [7, 11) is 0. The molecule has 0 spiro atoms. The molecule has 3 rings (SSSR count). The Labute approximate surface area is 136 Å². The van der Waals surface area contributed by atoms with Gasteiger partial charge in [-0.2, -0.15) is 0 Å². The molecule has 4 nitrogen and oxygen atoms in total. The number of aromatic amines is 1. The lowest BCUT2D eigenvalue weighted by Gasteiger charge is -2.32. The fourth-order valence-corrected chi connectivity index (χ4v) is 3.22. The van der Waals surface area contributed by atoms with E-state index in [9.17, 15) is 4.79 Å². The predicted octanol–water partition coefficient (Wildman–Crippen LogP) is 3.56. The Morgan fingerprint density at radius 1 is 1.22 bits per heavy atom. The van der Waals surface area contributed by atoms with Crippen molar-refractivity contribution in [3.05, 3.63) is 58.0 Å². The lowest BCUT2D eigenvalue weighted by molar-refractivity contribution is 0.0700. The lowest BCUT2D eigenvalue weighted by atomic mass is 9.82. The van der Waals surface area contributed by atoms with Crippen molar-refractivity contribution >= 4 is 0 Å².